The zero-order valence-corrected chi connectivity index (χ0v) is 10.6. The molecule has 1 nitrogen and oxygen atoms in total. The van der Waals surface area contributed by atoms with Crippen LogP contribution in [0.4, 0.5) is 0 Å². The van der Waals surface area contributed by atoms with E-state index in [1.165, 1.54) is 24.0 Å². The van der Waals surface area contributed by atoms with Crippen LogP contribution in [0.3, 0.4) is 0 Å². The van der Waals surface area contributed by atoms with Gasteiger partial charge in [0.1, 0.15) is 0 Å². The monoisotopic (exact) mass is 225 g/mol. The van der Waals surface area contributed by atoms with E-state index in [0.717, 1.165) is 23.1 Å². The molecular weight excluding hydrogens is 206 g/mol. The van der Waals surface area contributed by atoms with Crippen molar-refractivity contribution in [3.8, 4) is 0 Å². The molecule has 0 saturated heterocycles. The summed E-state index contributed by atoms with van der Waals surface area (Å²) in [6.45, 7) is 8.32. The minimum absolute atomic E-state index is 0.644. The molecule has 0 radical (unpaired) electrons. The fourth-order valence-corrected chi connectivity index (χ4v) is 2.38. The summed E-state index contributed by atoms with van der Waals surface area (Å²) in [7, 11) is 0. The number of unbranched alkanes of at least 4 members (excludes halogenated alkanes) is 1. The normalized spacial score (nSPS) is 14.6. The third-order valence-electron chi connectivity index (χ3n) is 3.33. The van der Waals surface area contributed by atoms with Crippen LogP contribution in [-0.2, 0) is 6.42 Å². The van der Waals surface area contributed by atoms with E-state index in [9.17, 15) is 0 Å². The fraction of sp³-hybridized carbons (Fsp3) is 0.312. The summed E-state index contributed by atoms with van der Waals surface area (Å²) in [5.41, 5.74) is 6.28. The fourth-order valence-electron chi connectivity index (χ4n) is 2.38. The molecule has 1 aromatic rings. The topological polar surface area (TPSA) is 23.9 Å². The molecule has 0 heterocycles. The van der Waals surface area contributed by atoms with Crippen LogP contribution >= 0.6 is 0 Å². The van der Waals surface area contributed by atoms with E-state index in [1.54, 1.807) is 0 Å². The molecule has 0 spiro atoms. The minimum Gasteiger partial charge on any atom is -0.300 e. The van der Waals surface area contributed by atoms with Gasteiger partial charge in [0, 0.05) is 5.56 Å². The summed E-state index contributed by atoms with van der Waals surface area (Å²) in [5, 5.41) is 8.13. The predicted octanol–water partition coefficient (Wildman–Crippen LogP) is 4.37. The predicted molar refractivity (Wildman–Crippen MR) is 74.7 cm³/mol. The van der Waals surface area contributed by atoms with E-state index in [-0.39, 0.29) is 0 Å². The van der Waals surface area contributed by atoms with Crippen molar-refractivity contribution in [1.29, 1.82) is 5.41 Å². The Bertz CT molecular complexity index is 506. The van der Waals surface area contributed by atoms with Gasteiger partial charge in [0.15, 0.2) is 0 Å². The quantitative estimate of drug-likeness (QED) is 0.789. The van der Waals surface area contributed by atoms with Crippen LogP contribution in [0.5, 0.6) is 0 Å². The Morgan fingerprint density at radius 2 is 2.06 bits per heavy atom. The summed E-state index contributed by atoms with van der Waals surface area (Å²) in [6, 6.07) is 6.26. The molecule has 0 aromatic heterocycles. The van der Waals surface area contributed by atoms with Crippen molar-refractivity contribution in [2.45, 2.75) is 33.1 Å². The van der Waals surface area contributed by atoms with Gasteiger partial charge in [-0.25, -0.2) is 0 Å². The Kier molecular flexibility index (Phi) is 3.28. The molecule has 1 aliphatic carbocycles. The second kappa shape index (κ2) is 4.70. The van der Waals surface area contributed by atoms with Crippen LogP contribution in [0.25, 0.3) is 5.57 Å². The first-order valence-electron chi connectivity index (χ1n) is 6.24. The van der Waals surface area contributed by atoms with Crippen molar-refractivity contribution in [3.05, 3.63) is 53.1 Å². The molecule has 88 valence electrons. The molecule has 1 N–H and O–H groups in total. The molecule has 0 fully saturated rings. The molecule has 17 heavy (non-hydrogen) atoms. The van der Waals surface area contributed by atoms with Gasteiger partial charge in [0.2, 0.25) is 0 Å². The number of nitrogens with one attached hydrogen (secondary N) is 1. The average molecular weight is 225 g/mol. The first-order valence-corrected chi connectivity index (χ1v) is 6.24. The summed E-state index contributed by atoms with van der Waals surface area (Å²) >= 11 is 0. The summed E-state index contributed by atoms with van der Waals surface area (Å²) in [4.78, 5) is 0. The SMILES string of the molecule is C=C1C=C(C)C(=N)c2cccc(CCCC)c21. The molecule has 0 amide bonds. The highest BCUT2D eigenvalue weighted by atomic mass is 14.4. The molecule has 1 aliphatic rings. The van der Waals surface area contributed by atoms with Gasteiger partial charge in [0.05, 0.1) is 5.71 Å². The lowest BCUT2D eigenvalue weighted by Gasteiger charge is -2.21. The average Bonchev–Trinajstić information content (AvgIpc) is 2.33. The van der Waals surface area contributed by atoms with Crippen LogP contribution in [-0.4, -0.2) is 5.71 Å². The maximum atomic E-state index is 8.13. The number of hydrogen-bond acceptors (Lipinski definition) is 1. The maximum Gasteiger partial charge on any atom is 0.0647 e. The molecule has 0 bridgehead atoms. The zero-order valence-electron chi connectivity index (χ0n) is 10.6. The van der Waals surface area contributed by atoms with Gasteiger partial charge in [-0.1, -0.05) is 38.1 Å². The van der Waals surface area contributed by atoms with Gasteiger partial charge in [-0.3, -0.25) is 5.41 Å². The van der Waals surface area contributed by atoms with E-state index < -0.39 is 0 Å². The Labute approximate surface area is 103 Å². The molecule has 0 saturated carbocycles. The lowest BCUT2D eigenvalue weighted by molar-refractivity contribution is 0.793. The van der Waals surface area contributed by atoms with Crippen molar-refractivity contribution >= 4 is 11.3 Å². The van der Waals surface area contributed by atoms with Crippen LogP contribution in [0.15, 0.2) is 36.4 Å². The van der Waals surface area contributed by atoms with E-state index in [0.29, 0.717) is 5.71 Å². The van der Waals surface area contributed by atoms with Gasteiger partial charge in [0.25, 0.3) is 0 Å². The minimum atomic E-state index is 0.644. The number of hydrogen-bond donors (Lipinski definition) is 1. The number of aryl methyl sites for hydroxylation is 1. The highest BCUT2D eigenvalue weighted by molar-refractivity contribution is 6.17. The Balaban J connectivity index is 2.50. The number of rotatable bonds is 3. The number of allylic oxidation sites excluding steroid dienone is 3. The largest absolute Gasteiger partial charge is 0.300 e. The third-order valence-corrected chi connectivity index (χ3v) is 3.33. The second-order valence-electron chi connectivity index (χ2n) is 4.67. The Hall–Kier alpha value is -1.63. The molecular formula is C16H19N. The molecule has 0 unspecified atom stereocenters. The maximum absolute atomic E-state index is 8.13. The lowest BCUT2D eigenvalue weighted by atomic mass is 9.83. The lowest BCUT2D eigenvalue weighted by Crippen LogP contribution is -2.11. The highest BCUT2D eigenvalue weighted by Crippen LogP contribution is 2.31. The van der Waals surface area contributed by atoms with Crippen LogP contribution in [0, 0.1) is 5.41 Å². The van der Waals surface area contributed by atoms with E-state index >= 15 is 0 Å². The number of benzene rings is 1. The standard InChI is InChI=1S/C16H19N/c1-4-5-7-13-8-6-9-14-15(13)11(2)10-12(3)16(14)17/h6,8-10,17H,2,4-5,7H2,1,3H3. The van der Waals surface area contributed by atoms with E-state index in [2.05, 4.69) is 25.6 Å². The molecule has 2 rings (SSSR count). The van der Waals surface area contributed by atoms with Crippen LogP contribution in [0.2, 0.25) is 0 Å². The van der Waals surface area contributed by atoms with Gasteiger partial charge in [-0.15, -0.1) is 0 Å². The van der Waals surface area contributed by atoms with Gasteiger partial charge in [-0.2, -0.15) is 0 Å². The second-order valence-corrected chi connectivity index (χ2v) is 4.67. The van der Waals surface area contributed by atoms with E-state index in [1.807, 2.05) is 19.1 Å². The van der Waals surface area contributed by atoms with Gasteiger partial charge < -0.3 is 0 Å². The summed E-state index contributed by atoms with van der Waals surface area (Å²) in [5.74, 6) is 0. The van der Waals surface area contributed by atoms with Crippen molar-refractivity contribution in [2.75, 3.05) is 0 Å². The van der Waals surface area contributed by atoms with Crippen LogP contribution in [0.1, 0.15) is 43.4 Å². The first kappa shape index (κ1) is 11.8. The van der Waals surface area contributed by atoms with Crippen molar-refractivity contribution in [1.82, 2.24) is 0 Å². The molecule has 1 heteroatoms. The third kappa shape index (κ3) is 2.10. The Morgan fingerprint density at radius 3 is 2.76 bits per heavy atom. The van der Waals surface area contributed by atoms with Gasteiger partial charge >= 0.3 is 0 Å². The highest BCUT2D eigenvalue weighted by Gasteiger charge is 2.19. The summed E-state index contributed by atoms with van der Waals surface area (Å²) < 4.78 is 0. The summed E-state index contributed by atoms with van der Waals surface area (Å²) in [6.07, 6.45) is 5.50. The molecule has 0 atom stereocenters. The molecule has 1 aromatic carbocycles. The van der Waals surface area contributed by atoms with Crippen molar-refractivity contribution in [2.24, 2.45) is 0 Å². The smallest absolute Gasteiger partial charge is 0.0647 e. The van der Waals surface area contributed by atoms with Gasteiger partial charge in [-0.05, 0) is 48.1 Å². The van der Waals surface area contributed by atoms with E-state index in [4.69, 9.17) is 5.41 Å². The first-order chi connectivity index (χ1) is 8.15. The van der Waals surface area contributed by atoms with Crippen molar-refractivity contribution < 1.29 is 0 Å². The zero-order chi connectivity index (χ0) is 12.4. The Morgan fingerprint density at radius 1 is 1.29 bits per heavy atom. The molecule has 0 aliphatic heterocycles. The number of fused-ring (bicyclic) bond motifs is 1. The van der Waals surface area contributed by atoms with Crippen molar-refractivity contribution in [3.63, 3.8) is 0 Å². The van der Waals surface area contributed by atoms with Crippen LogP contribution < -0.4 is 0 Å².